The molecule has 4 heteroatoms. The molecule has 0 saturated carbocycles. The van der Waals surface area contributed by atoms with E-state index in [9.17, 15) is 4.79 Å². The second-order valence-electron chi connectivity index (χ2n) is 4.58. The van der Waals surface area contributed by atoms with Gasteiger partial charge in [0.05, 0.1) is 6.04 Å². The van der Waals surface area contributed by atoms with Crippen molar-refractivity contribution in [1.82, 2.24) is 5.32 Å². The zero-order valence-corrected chi connectivity index (χ0v) is 12.2. The van der Waals surface area contributed by atoms with E-state index < -0.39 is 0 Å². The number of nitrogens with one attached hydrogen (secondary N) is 2. The van der Waals surface area contributed by atoms with Gasteiger partial charge in [0, 0.05) is 23.3 Å². The topological polar surface area (TPSA) is 41.1 Å². The highest BCUT2D eigenvalue weighted by molar-refractivity contribution is 6.30. The lowest BCUT2D eigenvalue weighted by molar-refractivity contribution is 0.0940. The summed E-state index contributed by atoms with van der Waals surface area (Å²) in [5.74, 6) is -0.0971. The van der Waals surface area contributed by atoms with Gasteiger partial charge in [-0.15, -0.1) is 0 Å². The molecule has 20 heavy (non-hydrogen) atoms. The molecule has 0 saturated heterocycles. The van der Waals surface area contributed by atoms with Crippen molar-refractivity contribution >= 4 is 23.2 Å². The van der Waals surface area contributed by atoms with Crippen molar-refractivity contribution < 1.29 is 4.79 Å². The van der Waals surface area contributed by atoms with Crippen LogP contribution in [0.25, 0.3) is 0 Å². The summed E-state index contributed by atoms with van der Waals surface area (Å²) < 4.78 is 0. The van der Waals surface area contributed by atoms with Crippen LogP contribution in [0, 0.1) is 0 Å². The lowest BCUT2D eigenvalue weighted by atomic mass is 10.1. The summed E-state index contributed by atoms with van der Waals surface area (Å²) in [6, 6.07) is 14.7. The van der Waals surface area contributed by atoms with Crippen molar-refractivity contribution in [3.05, 3.63) is 64.7 Å². The average molecular weight is 289 g/mol. The summed E-state index contributed by atoms with van der Waals surface area (Å²) >= 11 is 5.96. The van der Waals surface area contributed by atoms with E-state index in [-0.39, 0.29) is 11.9 Å². The van der Waals surface area contributed by atoms with Crippen molar-refractivity contribution in [3.63, 3.8) is 0 Å². The van der Waals surface area contributed by atoms with Crippen LogP contribution in [0.5, 0.6) is 0 Å². The Morgan fingerprint density at radius 3 is 2.45 bits per heavy atom. The number of carbonyl (C=O) groups is 1. The predicted octanol–water partition coefficient (Wildman–Crippen LogP) is 3.87. The van der Waals surface area contributed by atoms with Gasteiger partial charge < -0.3 is 10.6 Å². The van der Waals surface area contributed by atoms with Crippen LogP contribution in [-0.4, -0.2) is 13.0 Å². The second-order valence-corrected chi connectivity index (χ2v) is 5.01. The Morgan fingerprint density at radius 1 is 1.15 bits per heavy atom. The Kier molecular flexibility index (Phi) is 4.64. The highest BCUT2D eigenvalue weighted by atomic mass is 35.5. The summed E-state index contributed by atoms with van der Waals surface area (Å²) in [4.78, 5) is 12.1. The maximum atomic E-state index is 12.1. The molecule has 0 heterocycles. The van der Waals surface area contributed by atoms with Gasteiger partial charge in [0.2, 0.25) is 0 Å². The lowest BCUT2D eigenvalue weighted by Gasteiger charge is -2.15. The van der Waals surface area contributed by atoms with E-state index in [1.165, 1.54) is 0 Å². The molecule has 0 radical (unpaired) electrons. The molecular weight excluding hydrogens is 272 g/mol. The zero-order valence-electron chi connectivity index (χ0n) is 11.5. The largest absolute Gasteiger partial charge is 0.388 e. The normalized spacial score (nSPS) is 11.8. The smallest absolute Gasteiger partial charge is 0.251 e. The standard InChI is InChI=1S/C16H17ClN2O/c1-11(13-4-3-5-14(17)10-13)19-16(20)12-6-8-15(18-2)9-7-12/h3-11,18H,1-2H3,(H,19,20). The Balaban J connectivity index is 2.06. The molecule has 1 amide bonds. The second kappa shape index (κ2) is 6.44. The summed E-state index contributed by atoms with van der Waals surface area (Å²) in [5, 5.41) is 6.65. The molecular formula is C16H17ClN2O. The predicted molar refractivity (Wildman–Crippen MR) is 83.3 cm³/mol. The van der Waals surface area contributed by atoms with Crippen LogP contribution < -0.4 is 10.6 Å². The fourth-order valence-electron chi connectivity index (χ4n) is 1.93. The van der Waals surface area contributed by atoms with Crippen molar-refractivity contribution in [3.8, 4) is 0 Å². The number of hydrogen-bond donors (Lipinski definition) is 2. The van der Waals surface area contributed by atoms with E-state index in [1.807, 2.05) is 50.4 Å². The Labute approximate surface area is 124 Å². The van der Waals surface area contributed by atoms with Crippen LogP contribution in [0.4, 0.5) is 5.69 Å². The molecule has 0 aliphatic heterocycles. The van der Waals surface area contributed by atoms with Crippen LogP contribution in [-0.2, 0) is 0 Å². The highest BCUT2D eigenvalue weighted by Gasteiger charge is 2.11. The monoisotopic (exact) mass is 288 g/mol. The van der Waals surface area contributed by atoms with Gasteiger partial charge in [0.15, 0.2) is 0 Å². The van der Waals surface area contributed by atoms with Crippen LogP contribution in [0.2, 0.25) is 5.02 Å². The van der Waals surface area contributed by atoms with Gasteiger partial charge in [-0.25, -0.2) is 0 Å². The first-order valence-corrected chi connectivity index (χ1v) is 6.82. The molecule has 0 bridgehead atoms. The van der Waals surface area contributed by atoms with Crippen molar-refractivity contribution in [2.24, 2.45) is 0 Å². The molecule has 104 valence electrons. The zero-order chi connectivity index (χ0) is 14.5. The third kappa shape index (κ3) is 3.52. The molecule has 0 fully saturated rings. The molecule has 1 unspecified atom stereocenters. The third-order valence-corrected chi connectivity index (χ3v) is 3.37. The number of hydrogen-bond acceptors (Lipinski definition) is 2. The fraction of sp³-hybridized carbons (Fsp3) is 0.188. The minimum Gasteiger partial charge on any atom is -0.388 e. The number of benzene rings is 2. The lowest BCUT2D eigenvalue weighted by Crippen LogP contribution is -2.26. The van der Waals surface area contributed by atoms with Crippen LogP contribution in [0.1, 0.15) is 28.9 Å². The van der Waals surface area contributed by atoms with E-state index in [2.05, 4.69) is 10.6 Å². The molecule has 1 atom stereocenters. The minimum absolute atomic E-state index is 0.0924. The molecule has 0 aliphatic carbocycles. The van der Waals surface area contributed by atoms with Gasteiger partial charge in [-0.2, -0.15) is 0 Å². The molecule has 0 aliphatic rings. The van der Waals surface area contributed by atoms with E-state index in [1.54, 1.807) is 12.1 Å². The molecule has 0 aromatic heterocycles. The maximum absolute atomic E-state index is 12.1. The maximum Gasteiger partial charge on any atom is 0.251 e. The van der Waals surface area contributed by atoms with Crippen molar-refractivity contribution in [2.45, 2.75) is 13.0 Å². The Morgan fingerprint density at radius 2 is 1.85 bits per heavy atom. The summed E-state index contributed by atoms with van der Waals surface area (Å²) in [6.07, 6.45) is 0. The molecule has 3 nitrogen and oxygen atoms in total. The van der Waals surface area contributed by atoms with E-state index >= 15 is 0 Å². The minimum atomic E-state index is -0.0971. The Bertz CT molecular complexity index is 596. The average Bonchev–Trinajstić information content (AvgIpc) is 2.47. The fourth-order valence-corrected chi connectivity index (χ4v) is 2.13. The van der Waals surface area contributed by atoms with Crippen molar-refractivity contribution in [1.29, 1.82) is 0 Å². The SMILES string of the molecule is CNc1ccc(C(=O)NC(C)c2cccc(Cl)c2)cc1. The first-order chi connectivity index (χ1) is 9.60. The molecule has 2 aromatic carbocycles. The van der Waals surface area contributed by atoms with Gasteiger partial charge in [-0.3, -0.25) is 4.79 Å². The number of carbonyl (C=O) groups excluding carboxylic acids is 1. The van der Waals surface area contributed by atoms with Crippen LogP contribution in [0.3, 0.4) is 0 Å². The summed E-state index contributed by atoms with van der Waals surface area (Å²) in [7, 11) is 1.84. The third-order valence-electron chi connectivity index (χ3n) is 3.13. The van der Waals surface area contributed by atoms with E-state index in [0.717, 1.165) is 11.3 Å². The first-order valence-electron chi connectivity index (χ1n) is 6.44. The van der Waals surface area contributed by atoms with Crippen molar-refractivity contribution in [2.75, 3.05) is 12.4 Å². The van der Waals surface area contributed by atoms with Gasteiger partial charge in [0.1, 0.15) is 0 Å². The molecule has 2 rings (SSSR count). The summed E-state index contributed by atoms with van der Waals surface area (Å²) in [6.45, 7) is 1.94. The van der Waals surface area contributed by atoms with Gasteiger partial charge in [-0.1, -0.05) is 23.7 Å². The van der Waals surface area contributed by atoms with E-state index in [0.29, 0.717) is 10.6 Å². The van der Waals surface area contributed by atoms with Gasteiger partial charge in [0.25, 0.3) is 5.91 Å². The first kappa shape index (κ1) is 14.4. The number of halogens is 1. The number of rotatable bonds is 4. The van der Waals surface area contributed by atoms with Gasteiger partial charge >= 0.3 is 0 Å². The quantitative estimate of drug-likeness (QED) is 0.896. The molecule has 0 spiro atoms. The van der Waals surface area contributed by atoms with E-state index in [4.69, 9.17) is 11.6 Å². The Hall–Kier alpha value is -2.00. The van der Waals surface area contributed by atoms with Crippen LogP contribution in [0.15, 0.2) is 48.5 Å². The van der Waals surface area contributed by atoms with Gasteiger partial charge in [-0.05, 0) is 48.9 Å². The highest BCUT2D eigenvalue weighted by Crippen LogP contribution is 2.18. The number of amides is 1. The van der Waals surface area contributed by atoms with Crippen LogP contribution >= 0.6 is 11.6 Å². The molecule has 2 aromatic rings. The number of anilines is 1. The molecule has 2 N–H and O–H groups in total. The summed E-state index contributed by atoms with van der Waals surface area (Å²) in [5.41, 5.74) is 2.60.